The van der Waals surface area contributed by atoms with Crippen LogP contribution < -0.4 is 5.32 Å². The van der Waals surface area contributed by atoms with Crippen molar-refractivity contribution in [3.8, 4) is 0 Å². The number of aliphatic carboxylic acids is 1. The predicted molar refractivity (Wildman–Crippen MR) is 81.4 cm³/mol. The van der Waals surface area contributed by atoms with Crippen molar-refractivity contribution in [1.82, 2.24) is 5.32 Å². The number of rotatable bonds is 5. The summed E-state index contributed by atoms with van der Waals surface area (Å²) >= 11 is 0. The van der Waals surface area contributed by atoms with Gasteiger partial charge in [0.25, 0.3) is 0 Å². The van der Waals surface area contributed by atoms with Crippen LogP contribution in [0, 0.1) is 0 Å². The van der Waals surface area contributed by atoms with Crippen LogP contribution in [-0.2, 0) is 21.2 Å². The van der Waals surface area contributed by atoms with Crippen LogP contribution in [0.25, 0.3) is 0 Å². The summed E-state index contributed by atoms with van der Waals surface area (Å²) in [5.41, 5.74) is -1.60. The lowest BCUT2D eigenvalue weighted by molar-refractivity contribution is -0.142. The Morgan fingerprint density at radius 1 is 1.29 bits per heavy atom. The molecule has 1 saturated carbocycles. The maximum absolute atomic E-state index is 13.0. The predicted octanol–water partition coefficient (Wildman–Crippen LogP) is 3.50. The number of hydrogen-bond acceptors (Lipinski definition) is 2. The van der Waals surface area contributed by atoms with Crippen molar-refractivity contribution in [2.45, 2.75) is 56.7 Å². The highest BCUT2D eigenvalue weighted by molar-refractivity contribution is 5.91. The Morgan fingerprint density at radius 2 is 1.92 bits per heavy atom. The van der Waals surface area contributed by atoms with Crippen LogP contribution in [0.4, 0.5) is 13.2 Å². The summed E-state index contributed by atoms with van der Waals surface area (Å²) in [6, 6.07) is 3.74. The van der Waals surface area contributed by atoms with Gasteiger partial charge in [-0.3, -0.25) is 4.79 Å². The lowest BCUT2D eigenvalue weighted by Crippen LogP contribution is -2.49. The lowest BCUT2D eigenvalue weighted by Gasteiger charge is -2.30. The molecule has 0 radical (unpaired) electrons. The number of carbonyl (C=O) groups excluding carboxylic acids is 1. The Labute approximate surface area is 138 Å². The highest BCUT2D eigenvalue weighted by atomic mass is 19.4. The molecular weight excluding hydrogens is 323 g/mol. The van der Waals surface area contributed by atoms with Gasteiger partial charge in [-0.15, -0.1) is 0 Å². The summed E-state index contributed by atoms with van der Waals surface area (Å²) in [4.78, 5) is 23.9. The summed E-state index contributed by atoms with van der Waals surface area (Å²) < 4.78 is 38.9. The van der Waals surface area contributed by atoms with Gasteiger partial charge in [-0.2, -0.15) is 13.2 Å². The first-order chi connectivity index (χ1) is 11.2. The Hall–Kier alpha value is -2.05. The molecule has 1 aromatic carbocycles. The van der Waals surface area contributed by atoms with Gasteiger partial charge in [0, 0.05) is 0 Å². The second-order valence-electron chi connectivity index (χ2n) is 6.14. The molecule has 2 N–H and O–H groups in total. The molecule has 2 rings (SSSR count). The minimum Gasteiger partial charge on any atom is -0.480 e. The standard InChI is InChI=1S/C17H20F3NO3/c1-2-13(14(22)23)21-15(24)16(8-3-4-9-16)11-6-5-7-12(10-11)17(18,19)20/h5-7,10,13H,2-4,8-9H2,1H3,(H,21,24)(H,22,23)/t13-/m0/s1. The first-order valence-electron chi connectivity index (χ1n) is 7.92. The molecule has 1 atom stereocenters. The molecule has 1 aliphatic rings. The SMILES string of the molecule is CC[C@H](NC(=O)C1(c2cccc(C(F)(F)F)c2)CCCC1)C(=O)O. The number of nitrogens with one attached hydrogen (secondary N) is 1. The summed E-state index contributed by atoms with van der Waals surface area (Å²) in [6.07, 6.45) is -2.02. The van der Waals surface area contributed by atoms with Crippen LogP contribution in [0.5, 0.6) is 0 Å². The largest absolute Gasteiger partial charge is 0.480 e. The molecule has 0 spiro atoms. The number of alkyl halides is 3. The van der Waals surface area contributed by atoms with Gasteiger partial charge < -0.3 is 10.4 Å². The number of carboxylic acid groups (broad SMARTS) is 1. The van der Waals surface area contributed by atoms with Crippen molar-refractivity contribution in [2.24, 2.45) is 0 Å². The molecule has 4 nitrogen and oxygen atoms in total. The normalized spacial score (nSPS) is 18.2. The van der Waals surface area contributed by atoms with Gasteiger partial charge in [-0.05, 0) is 30.9 Å². The van der Waals surface area contributed by atoms with Crippen LogP contribution in [0.1, 0.15) is 50.2 Å². The van der Waals surface area contributed by atoms with E-state index in [2.05, 4.69) is 5.32 Å². The molecule has 0 aromatic heterocycles. The fourth-order valence-corrected chi connectivity index (χ4v) is 3.25. The molecule has 0 unspecified atom stereocenters. The smallest absolute Gasteiger partial charge is 0.416 e. The third kappa shape index (κ3) is 3.55. The van der Waals surface area contributed by atoms with E-state index in [-0.39, 0.29) is 6.42 Å². The average Bonchev–Trinajstić information content (AvgIpc) is 3.02. The second-order valence-corrected chi connectivity index (χ2v) is 6.14. The van der Waals surface area contributed by atoms with E-state index in [0.717, 1.165) is 12.1 Å². The van der Waals surface area contributed by atoms with E-state index < -0.39 is 35.1 Å². The van der Waals surface area contributed by atoms with E-state index in [1.165, 1.54) is 12.1 Å². The highest BCUT2D eigenvalue weighted by Crippen LogP contribution is 2.43. The first-order valence-corrected chi connectivity index (χ1v) is 7.92. The number of hydrogen-bond donors (Lipinski definition) is 2. The molecule has 1 amide bonds. The maximum Gasteiger partial charge on any atom is 0.416 e. The van der Waals surface area contributed by atoms with Crippen molar-refractivity contribution in [2.75, 3.05) is 0 Å². The molecular formula is C17H20F3NO3. The third-order valence-electron chi connectivity index (χ3n) is 4.65. The van der Waals surface area contributed by atoms with E-state index >= 15 is 0 Å². The van der Waals surface area contributed by atoms with Gasteiger partial charge in [0.2, 0.25) is 5.91 Å². The molecule has 7 heteroatoms. The first kappa shape index (κ1) is 18.3. The average molecular weight is 343 g/mol. The quantitative estimate of drug-likeness (QED) is 0.860. The summed E-state index contributed by atoms with van der Waals surface area (Å²) in [5.74, 6) is -1.66. The topological polar surface area (TPSA) is 66.4 Å². The van der Waals surface area contributed by atoms with E-state index in [0.29, 0.717) is 31.2 Å². The Bertz CT molecular complexity index is 622. The molecule has 0 aliphatic heterocycles. The zero-order valence-electron chi connectivity index (χ0n) is 13.3. The van der Waals surface area contributed by atoms with Crippen LogP contribution in [0.3, 0.4) is 0 Å². The number of halogens is 3. The molecule has 24 heavy (non-hydrogen) atoms. The van der Waals surface area contributed by atoms with Crippen LogP contribution in [0.15, 0.2) is 24.3 Å². The van der Waals surface area contributed by atoms with Gasteiger partial charge in [0.05, 0.1) is 11.0 Å². The molecule has 1 aliphatic carbocycles. The van der Waals surface area contributed by atoms with Gasteiger partial charge in [-0.25, -0.2) is 4.79 Å². The van der Waals surface area contributed by atoms with Crippen molar-refractivity contribution in [3.63, 3.8) is 0 Å². The van der Waals surface area contributed by atoms with Gasteiger partial charge in [-0.1, -0.05) is 38.0 Å². The van der Waals surface area contributed by atoms with E-state index in [1.54, 1.807) is 6.92 Å². The summed E-state index contributed by atoms with van der Waals surface area (Å²) in [6.45, 7) is 1.63. The van der Waals surface area contributed by atoms with Crippen molar-refractivity contribution in [1.29, 1.82) is 0 Å². The van der Waals surface area contributed by atoms with E-state index in [4.69, 9.17) is 5.11 Å². The molecule has 0 saturated heterocycles. The molecule has 1 aromatic rings. The molecule has 1 fully saturated rings. The van der Waals surface area contributed by atoms with Crippen molar-refractivity contribution >= 4 is 11.9 Å². The number of benzene rings is 1. The lowest BCUT2D eigenvalue weighted by atomic mass is 9.77. The maximum atomic E-state index is 13.0. The van der Waals surface area contributed by atoms with Gasteiger partial charge >= 0.3 is 12.1 Å². The third-order valence-corrected chi connectivity index (χ3v) is 4.65. The minimum atomic E-state index is -4.49. The second kappa shape index (κ2) is 6.83. The Balaban J connectivity index is 2.38. The highest BCUT2D eigenvalue weighted by Gasteiger charge is 2.44. The number of carbonyl (C=O) groups is 2. The molecule has 0 heterocycles. The van der Waals surface area contributed by atoms with E-state index in [1.807, 2.05) is 0 Å². The van der Waals surface area contributed by atoms with Crippen LogP contribution in [0.2, 0.25) is 0 Å². The Kier molecular flexibility index (Phi) is 5.20. The molecule has 132 valence electrons. The number of amides is 1. The molecule has 0 bridgehead atoms. The fourth-order valence-electron chi connectivity index (χ4n) is 3.25. The summed E-state index contributed by atoms with van der Waals surface area (Å²) in [5, 5.41) is 11.6. The zero-order valence-corrected chi connectivity index (χ0v) is 13.3. The van der Waals surface area contributed by atoms with Gasteiger partial charge in [0.1, 0.15) is 6.04 Å². The monoisotopic (exact) mass is 343 g/mol. The van der Waals surface area contributed by atoms with Crippen LogP contribution in [-0.4, -0.2) is 23.0 Å². The Morgan fingerprint density at radius 3 is 2.42 bits per heavy atom. The summed E-state index contributed by atoms with van der Waals surface area (Å²) in [7, 11) is 0. The minimum absolute atomic E-state index is 0.208. The fraction of sp³-hybridized carbons (Fsp3) is 0.529. The van der Waals surface area contributed by atoms with Crippen LogP contribution >= 0.6 is 0 Å². The number of carboxylic acids is 1. The van der Waals surface area contributed by atoms with Gasteiger partial charge in [0.15, 0.2) is 0 Å². The van der Waals surface area contributed by atoms with E-state index in [9.17, 15) is 22.8 Å². The zero-order chi connectivity index (χ0) is 18.0. The van der Waals surface area contributed by atoms with Crippen molar-refractivity contribution < 1.29 is 27.9 Å². The van der Waals surface area contributed by atoms with Crippen molar-refractivity contribution in [3.05, 3.63) is 35.4 Å².